The lowest BCUT2D eigenvalue weighted by molar-refractivity contribution is -0.168. The van der Waals surface area contributed by atoms with Gasteiger partial charge in [-0.05, 0) is 61.4 Å². The van der Waals surface area contributed by atoms with E-state index in [0.29, 0.717) is 13.0 Å². The summed E-state index contributed by atoms with van der Waals surface area (Å²) in [6, 6.07) is 27.3. The standard InChI is InChI=1S/C33H41N3O3/c37-32(15-9-14-27-10-3-1-4-11-27)34-30-17-18-31(29(24-30)26-39-33-16-7-8-23-38-33)36-21-19-35(20-22-36)25-28-12-5-2-6-13-28/h1-6,10-13,17-18,24,33H,7-9,14-16,19-23,25-26H2,(H,34,37). The molecular formula is C33H41N3O3. The second kappa shape index (κ2) is 14.3. The van der Waals surface area contributed by atoms with Gasteiger partial charge in [0.1, 0.15) is 0 Å². The molecule has 39 heavy (non-hydrogen) atoms. The van der Waals surface area contributed by atoms with Gasteiger partial charge in [-0.3, -0.25) is 9.69 Å². The molecule has 6 nitrogen and oxygen atoms in total. The third-order valence-electron chi connectivity index (χ3n) is 7.60. The third kappa shape index (κ3) is 8.40. The van der Waals surface area contributed by atoms with E-state index < -0.39 is 0 Å². The average Bonchev–Trinajstić information content (AvgIpc) is 2.98. The quantitative estimate of drug-likeness (QED) is 0.331. The van der Waals surface area contributed by atoms with Crippen LogP contribution in [-0.2, 0) is 33.8 Å². The monoisotopic (exact) mass is 527 g/mol. The van der Waals surface area contributed by atoms with Crippen LogP contribution in [0.2, 0.25) is 0 Å². The van der Waals surface area contributed by atoms with Crippen LogP contribution in [0.3, 0.4) is 0 Å². The maximum Gasteiger partial charge on any atom is 0.224 e. The molecule has 0 spiro atoms. The lowest BCUT2D eigenvalue weighted by atomic mass is 10.1. The highest BCUT2D eigenvalue weighted by Crippen LogP contribution is 2.28. The molecule has 3 aromatic carbocycles. The first kappa shape index (κ1) is 27.4. The number of hydrogen-bond acceptors (Lipinski definition) is 5. The predicted molar refractivity (Wildman–Crippen MR) is 157 cm³/mol. The van der Waals surface area contributed by atoms with Crippen LogP contribution in [-0.4, -0.2) is 49.9 Å². The summed E-state index contributed by atoms with van der Waals surface area (Å²) >= 11 is 0. The van der Waals surface area contributed by atoms with Gasteiger partial charge < -0.3 is 19.7 Å². The average molecular weight is 528 g/mol. The summed E-state index contributed by atoms with van der Waals surface area (Å²) in [5.74, 6) is 0.0516. The number of hydrogen-bond donors (Lipinski definition) is 1. The molecule has 2 aliphatic heterocycles. The number of amides is 1. The van der Waals surface area contributed by atoms with Crippen molar-refractivity contribution in [2.24, 2.45) is 0 Å². The van der Waals surface area contributed by atoms with Crippen LogP contribution in [0, 0.1) is 0 Å². The van der Waals surface area contributed by atoms with Crippen molar-refractivity contribution >= 4 is 17.3 Å². The van der Waals surface area contributed by atoms with Crippen molar-refractivity contribution in [3.8, 4) is 0 Å². The van der Waals surface area contributed by atoms with Gasteiger partial charge in [0.25, 0.3) is 0 Å². The van der Waals surface area contributed by atoms with Crippen LogP contribution in [0.4, 0.5) is 11.4 Å². The molecule has 1 amide bonds. The molecule has 1 unspecified atom stereocenters. The highest BCUT2D eigenvalue weighted by atomic mass is 16.7. The molecule has 2 heterocycles. The van der Waals surface area contributed by atoms with E-state index in [1.165, 1.54) is 16.8 Å². The minimum Gasteiger partial charge on any atom is -0.369 e. The zero-order chi connectivity index (χ0) is 26.7. The minimum absolute atomic E-state index is 0.0516. The van der Waals surface area contributed by atoms with Gasteiger partial charge in [-0.15, -0.1) is 0 Å². The van der Waals surface area contributed by atoms with Crippen molar-refractivity contribution in [2.45, 2.75) is 58.0 Å². The zero-order valence-corrected chi connectivity index (χ0v) is 22.9. The number of nitrogens with zero attached hydrogens (tertiary/aromatic N) is 2. The van der Waals surface area contributed by atoms with Crippen molar-refractivity contribution in [3.63, 3.8) is 0 Å². The molecule has 0 bridgehead atoms. The van der Waals surface area contributed by atoms with Gasteiger partial charge in [-0.2, -0.15) is 0 Å². The van der Waals surface area contributed by atoms with Crippen LogP contribution < -0.4 is 10.2 Å². The molecule has 0 radical (unpaired) electrons. The smallest absolute Gasteiger partial charge is 0.224 e. The van der Waals surface area contributed by atoms with Crippen LogP contribution in [0.1, 0.15) is 48.8 Å². The number of nitrogens with one attached hydrogen (secondary N) is 1. The summed E-state index contributed by atoms with van der Waals surface area (Å²) in [6.45, 7) is 6.18. The Morgan fingerprint density at radius 2 is 1.64 bits per heavy atom. The SMILES string of the molecule is O=C(CCCc1ccccc1)Nc1ccc(N2CCN(Cc3ccccc3)CC2)c(COC2CCCCO2)c1. The van der Waals surface area contributed by atoms with Gasteiger partial charge >= 0.3 is 0 Å². The van der Waals surface area contributed by atoms with E-state index in [9.17, 15) is 4.79 Å². The molecule has 0 saturated carbocycles. The minimum atomic E-state index is -0.148. The molecule has 1 atom stereocenters. The van der Waals surface area contributed by atoms with Gasteiger partial charge in [-0.1, -0.05) is 60.7 Å². The Bertz CT molecular complexity index is 1160. The molecule has 0 aromatic heterocycles. The van der Waals surface area contributed by atoms with Gasteiger partial charge in [0.2, 0.25) is 5.91 Å². The Morgan fingerprint density at radius 3 is 2.36 bits per heavy atom. The topological polar surface area (TPSA) is 54.0 Å². The van der Waals surface area contributed by atoms with Crippen molar-refractivity contribution in [1.29, 1.82) is 0 Å². The Morgan fingerprint density at radius 1 is 0.897 bits per heavy atom. The maximum absolute atomic E-state index is 12.7. The summed E-state index contributed by atoms with van der Waals surface area (Å²) < 4.78 is 12.0. The molecule has 1 N–H and O–H groups in total. The van der Waals surface area contributed by atoms with Crippen molar-refractivity contribution in [2.75, 3.05) is 43.0 Å². The first-order chi connectivity index (χ1) is 19.2. The molecule has 2 saturated heterocycles. The van der Waals surface area contributed by atoms with E-state index in [4.69, 9.17) is 9.47 Å². The van der Waals surface area contributed by atoms with E-state index in [2.05, 4.69) is 69.7 Å². The summed E-state index contributed by atoms with van der Waals surface area (Å²) in [4.78, 5) is 17.7. The lowest BCUT2D eigenvalue weighted by Crippen LogP contribution is -2.46. The number of aryl methyl sites for hydroxylation is 1. The third-order valence-corrected chi connectivity index (χ3v) is 7.60. The number of rotatable bonds is 11. The molecular weight excluding hydrogens is 486 g/mol. The Labute approximate surface area is 232 Å². The summed E-state index contributed by atoms with van der Waals surface area (Å²) in [7, 11) is 0. The lowest BCUT2D eigenvalue weighted by Gasteiger charge is -2.37. The van der Waals surface area contributed by atoms with E-state index in [-0.39, 0.29) is 12.2 Å². The van der Waals surface area contributed by atoms with Gasteiger partial charge in [0, 0.05) is 62.7 Å². The fraction of sp³-hybridized carbons (Fsp3) is 0.424. The van der Waals surface area contributed by atoms with Crippen molar-refractivity contribution in [1.82, 2.24) is 4.90 Å². The van der Waals surface area contributed by atoms with Crippen LogP contribution in [0.25, 0.3) is 0 Å². The van der Waals surface area contributed by atoms with Gasteiger partial charge in [0.15, 0.2) is 6.29 Å². The van der Waals surface area contributed by atoms with E-state index >= 15 is 0 Å². The maximum atomic E-state index is 12.7. The molecule has 3 aromatic rings. The summed E-state index contributed by atoms with van der Waals surface area (Å²) in [5, 5.41) is 3.12. The molecule has 0 aliphatic carbocycles. The summed E-state index contributed by atoms with van der Waals surface area (Å²) in [5.41, 5.74) is 5.74. The number of anilines is 2. The zero-order valence-electron chi connectivity index (χ0n) is 22.9. The fourth-order valence-corrected chi connectivity index (χ4v) is 5.42. The Hall–Kier alpha value is -3.19. The van der Waals surface area contributed by atoms with E-state index in [1.807, 2.05) is 24.3 Å². The first-order valence-corrected chi connectivity index (χ1v) is 14.4. The fourth-order valence-electron chi connectivity index (χ4n) is 5.42. The largest absolute Gasteiger partial charge is 0.369 e. The molecule has 2 fully saturated rings. The molecule has 206 valence electrons. The van der Waals surface area contributed by atoms with Crippen LogP contribution in [0.15, 0.2) is 78.9 Å². The highest BCUT2D eigenvalue weighted by Gasteiger charge is 2.21. The Kier molecular flexibility index (Phi) is 10.0. The first-order valence-electron chi connectivity index (χ1n) is 14.4. The number of ether oxygens (including phenoxy) is 2. The number of benzene rings is 3. The number of carbonyl (C=O) groups excluding carboxylic acids is 1. The van der Waals surface area contributed by atoms with Crippen molar-refractivity contribution < 1.29 is 14.3 Å². The predicted octanol–water partition coefficient (Wildman–Crippen LogP) is 6.01. The summed E-state index contributed by atoms with van der Waals surface area (Å²) in [6.07, 6.45) is 5.27. The molecule has 2 aliphatic rings. The number of carbonyl (C=O) groups is 1. The van der Waals surface area contributed by atoms with E-state index in [1.54, 1.807) is 0 Å². The van der Waals surface area contributed by atoms with Crippen LogP contribution in [0.5, 0.6) is 0 Å². The Balaban J connectivity index is 1.20. The van der Waals surface area contributed by atoms with Crippen LogP contribution >= 0.6 is 0 Å². The molecule has 5 rings (SSSR count). The van der Waals surface area contributed by atoms with Crippen molar-refractivity contribution in [3.05, 3.63) is 95.6 Å². The van der Waals surface area contributed by atoms with Gasteiger partial charge in [-0.25, -0.2) is 0 Å². The highest BCUT2D eigenvalue weighted by molar-refractivity contribution is 5.91. The van der Waals surface area contributed by atoms with Gasteiger partial charge in [0.05, 0.1) is 6.61 Å². The second-order valence-corrected chi connectivity index (χ2v) is 10.6. The molecule has 6 heteroatoms. The number of piperazine rings is 1. The second-order valence-electron chi connectivity index (χ2n) is 10.6. The normalized spacial score (nSPS) is 18.2. The van der Waals surface area contributed by atoms with E-state index in [0.717, 1.165) is 82.7 Å².